The number of halogens is 3. The predicted molar refractivity (Wildman–Crippen MR) is 98.4 cm³/mol. The molecule has 0 aliphatic carbocycles. The van der Waals surface area contributed by atoms with Gasteiger partial charge in [0.1, 0.15) is 5.54 Å². The summed E-state index contributed by atoms with van der Waals surface area (Å²) in [5, 5.41) is 0. The van der Waals surface area contributed by atoms with Gasteiger partial charge in [-0.15, -0.1) is 0 Å². The quantitative estimate of drug-likeness (QED) is 0.454. The first-order valence-corrected chi connectivity index (χ1v) is 8.78. The van der Waals surface area contributed by atoms with Crippen molar-refractivity contribution in [1.82, 2.24) is 13.3 Å². The lowest BCUT2D eigenvalue weighted by molar-refractivity contribution is -0.142. The molecular formula is C15H28Cl3N3O3. The van der Waals surface area contributed by atoms with Crippen LogP contribution in [-0.2, 0) is 14.4 Å². The smallest absolute Gasteiger partial charge is 0.265 e. The average Bonchev–Trinajstić information content (AvgIpc) is 2.53. The van der Waals surface area contributed by atoms with E-state index in [0.717, 1.165) is 8.84 Å². The normalized spacial score (nSPS) is 13.5. The summed E-state index contributed by atoms with van der Waals surface area (Å²) >= 11 is 17.7. The molecule has 0 fully saturated rings. The minimum Gasteiger partial charge on any atom is -0.277 e. The number of rotatable bonds is 8. The molecule has 0 aliphatic rings. The fraction of sp³-hybridized carbons (Fsp3) is 0.800. The number of imide groups is 1. The van der Waals surface area contributed by atoms with E-state index in [1.807, 2.05) is 20.8 Å². The maximum Gasteiger partial charge on any atom is 0.265 e. The van der Waals surface area contributed by atoms with Crippen LogP contribution in [0.1, 0.15) is 60.8 Å². The van der Waals surface area contributed by atoms with Gasteiger partial charge in [0.25, 0.3) is 5.91 Å². The molecule has 0 N–H and O–H groups in total. The van der Waals surface area contributed by atoms with E-state index in [1.54, 1.807) is 13.8 Å². The van der Waals surface area contributed by atoms with Crippen molar-refractivity contribution in [1.29, 1.82) is 0 Å². The Balaban J connectivity index is 0. The van der Waals surface area contributed by atoms with Crippen LogP contribution in [0.2, 0.25) is 0 Å². The zero-order chi connectivity index (χ0) is 19.7. The van der Waals surface area contributed by atoms with Gasteiger partial charge in [-0.2, -0.15) is 4.42 Å². The Morgan fingerprint density at radius 3 is 1.88 bits per heavy atom. The van der Waals surface area contributed by atoms with E-state index >= 15 is 0 Å². The first kappa shape index (κ1) is 25.7. The van der Waals surface area contributed by atoms with Crippen molar-refractivity contribution in [3.05, 3.63) is 0 Å². The summed E-state index contributed by atoms with van der Waals surface area (Å²) in [6, 6.07) is 0. The summed E-state index contributed by atoms with van der Waals surface area (Å²) in [4.78, 5) is 35.0. The van der Waals surface area contributed by atoms with Crippen molar-refractivity contribution in [2.24, 2.45) is 0 Å². The van der Waals surface area contributed by atoms with E-state index in [0.29, 0.717) is 17.3 Å². The molecule has 9 heteroatoms. The van der Waals surface area contributed by atoms with Crippen LogP contribution in [0, 0.1) is 0 Å². The molecule has 0 saturated heterocycles. The number of nitrogens with zero attached hydrogens (tertiary/aromatic N) is 3. The number of carbonyl (C=O) groups excluding carboxylic acids is 3. The van der Waals surface area contributed by atoms with E-state index < -0.39 is 17.0 Å². The van der Waals surface area contributed by atoms with Crippen molar-refractivity contribution in [3.8, 4) is 0 Å². The van der Waals surface area contributed by atoms with Crippen molar-refractivity contribution in [2.75, 3.05) is 7.05 Å². The summed E-state index contributed by atoms with van der Waals surface area (Å²) in [6.45, 7) is 10.8. The van der Waals surface area contributed by atoms with E-state index in [-0.39, 0.29) is 18.7 Å². The Labute approximate surface area is 160 Å². The van der Waals surface area contributed by atoms with Crippen LogP contribution in [-0.4, -0.2) is 49.6 Å². The van der Waals surface area contributed by atoms with Gasteiger partial charge >= 0.3 is 0 Å². The maximum atomic E-state index is 12.3. The fourth-order valence-corrected chi connectivity index (χ4v) is 2.61. The molecule has 3 amide bonds. The van der Waals surface area contributed by atoms with E-state index in [4.69, 9.17) is 35.3 Å². The first-order chi connectivity index (χ1) is 10.9. The highest BCUT2D eigenvalue weighted by Gasteiger charge is 2.46. The average molecular weight is 405 g/mol. The Bertz CT molecular complexity index is 433. The van der Waals surface area contributed by atoms with Gasteiger partial charge in [0.15, 0.2) is 0 Å². The van der Waals surface area contributed by atoms with Crippen molar-refractivity contribution < 1.29 is 14.4 Å². The molecule has 1 unspecified atom stereocenters. The van der Waals surface area contributed by atoms with E-state index in [2.05, 4.69) is 0 Å². The molecule has 24 heavy (non-hydrogen) atoms. The number of hydrogen-bond donors (Lipinski definition) is 0. The van der Waals surface area contributed by atoms with Crippen molar-refractivity contribution >= 4 is 53.6 Å². The zero-order valence-electron chi connectivity index (χ0n) is 15.4. The van der Waals surface area contributed by atoms with Crippen LogP contribution in [0.5, 0.6) is 0 Å². The molecule has 0 bridgehead atoms. The molecule has 1 atom stereocenters. The van der Waals surface area contributed by atoms with E-state index in [9.17, 15) is 14.4 Å². The number of amides is 3. The Morgan fingerprint density at radius 1 is 1.08 bits per heavy atom. The van der Waals surface area contributed by atoms with Crippen LogP contribution < -0.4 is 0 Å². The molecule has 0 rings (SSSR count). The molecule has 142 valence electrons. The molecular weight excluding hydrogens is 377 g/mol. The molecule has 0 aromatic carbocycles. The van der Waals surface area contributed by atoms with Gasteiger partial charge in [-0.05, 0) is 45.4 Å². The van der Waals surface area contributed by atoms with Crippen molar-refractivity contribution in [3.63, 3.8) is 0 Å². The third-order valence-corrected chi connectivity index (χ3v) is 4.67. The lowest BCUT2D eigenvalue weighted by Gasteiger charge is -2.42. The number of carbonyl (C=O) groups is 3. The minimum atomic E-state index is -1.33. The molecule has 0 spiro atoms. The van der Waals surface area contributed by atoms with Gasteiger partial charge in [0.2, 0.25) is 12.3 Å². The lowest BCUT2D eigenvalue weighted by Crippen LogP contribution is -2.57. The predicted octanol–water partition coefficient (Wildman–Crippen LogP) is 3.95. The van der Waals surface area contributed by atoms with Gasteiger partial charge in [-0.3, -0.25) is 14.4 Å². The van der Waals surface area contributed by atoms with E-state index in [1.165, 1.54) is 14.0 Å². The highest BCUT2D eigenvalue weighted by atomic mass is 35.5. The van der Waals surface area contributed by atoms with Gasteiger partial charge < -0.3 is 0 Å². The lowest BCUT2D eigenvalue weighted by atomic mass is 9.84. The summed E-state index contributed by atoms with van der Waals surface area (Å²) in [5.41, 5.74) is -2.21. The monoisotopic (exact) mass is 403 g/mol. The molecule has 0 heterocycles. The first-order valence-electron chi connectivity index (χ1n) is 7.77. The summed E-state index contributed by atoms with van der Waals surface area (Å²) < 4.78 is 2.61. The second-order valence-corrected chi connectivity index (χ2v) is 7.10. The van der Waals surface area contributed by atoms with Crippen LogP contribution in [0.4, 0.5) is 0 Å². The fourth-order valence-electron chi connectivity index (χ4n) is 2.16. The Morgan fingerprint density at radius 2 is 1.54 bits per heavy atom. The van der Waals surface area contributed by atoms with Crippen LogP contribution >= 0.6 is 35.3 Å². The second kappa shape index (κ2) is 11.1. The summed E-state index contributed by atoms with van der Waals surface area (Å²) in [5.74, 6) is -0.956. The summed E-state index contributed by atoms with van der Waals surface area (Å²) in [6.07, 6.45) is 1.22. The topological polar surface area (TPSA) is 60.9 Å². The van der Waals surface area contributed by atoms with Gasteiger partial charge in [-0.25, -0.2) is 8.84 Å². The zero-order valence-corrected chi connectivity index (χ0v) is 17.7. The maximum absolute atomic E-state index is 12.3. The molecule has 0 aromatic rings. The third kappa shape index (κ3) is 6.75. The van der Waals surface area contributed by atoms with Gasteiger partial charge in [0.05, 0.1) is 5.54 Å². The minimum absolute atomic E-state index is 0.0782. The molecule has 0 aliphatic heterocycles. The SMILES string of the molecule is CC.CCCC(=O)N(Cl)C(C)(C)CC(C)(C(=O)N(Cl)C=O)N(C)Cl. The molecule has 0 radical (unpaired) electrons. The van der Waals surface area contributed by atoms with Crippen LogP contribution in [0.3, 0.4) is 0 Å². The van der Waals surface area contributed by atoms with Crippen molar-refractivity contribution in [2.45, 2.75) is 71.9 Å². The largest absolute Gasteiger partial charge is 0.277 e. The molecule has 0 aromatic heterocycles. The Kier molecular flexibility index (Phi) is 11.9. The van der Waals surface area contributed by atoms with Gasteiger partial charge in [0, 0.05) is 37.0 Å². The molecule has 6 nitrogen and oxygen atoms in total. The standard InChI is InChI=1S/C13H22Cl3N3O3.C2H6/c1-6-7-10(21)19(16)12(2,3)8-13(4,17(5)14)11(22)18(15)9-20;1-2/h9H,6-8H2,1-5H3;1-2H3. The van der Waals surface area contributed by atoms with Gasteiger partial charge in [-0.1, -0.05) is 20.8 Å². The molecule has 0 saturated carbocycles. The highest BCUT2D eigenvalue weighted by Crippen LogP contribution is 2.34. The third-order valence-electron chi connectivity index (χ3n) is 3.42. The van der Waals surface area contributed by atoms with Crippen LogP contribution in [0.15, 0.2) is 0 Å². The van der Waals surface area contributed by atoms with Crippen LogP contribution in [0.25, 0.3) is 0 Å². The highest BCUT2D eigenvalue weighted by molar-refractivity contribution is 6.29. The number of likely N-dealkylation sites (N-methyl/N-ethyl adjacent to an activating group) is 1. The summed E-state index contributed by atoms with van der Waals surface area (Å²) in [7, 11) is 1.47. The number of hydrogen-bond acceptors (Lipinski definition) is 4. The Hall–Kier alpha value is -0.560. The second-order valence-electron chi connectivity index (χ2n) is 5.89.